The molecule has 3 rings (SSSR count). The van der Waals surface area contributed by atoms with Crippen LogP contribution in [0.3, 0.4) is 0 Å². The topological polar surface area (TPSA) is 50.4 Å². The first-order chi connectivity index (χ1) is 12.6. The Morgan fingerprint density at radius 1 is 1.12 bits per heavy atom. The molecule has 0 saturated carbocycles. The normalized spacial score (nSPS) is 16.3. The number of ether oxygens (including phenoxy) is 1. The van der Waals surface area contributed by atoms with E-state index in [1.54, 1.807) is 0 Å². The molecular formula is C22H28N2O2. The number of piperidine rings is 1. The van der Waals surface area contributed by atoms with Gasteiger partial charge in [-0.2, -0.15) is 0 Å². The number of hydrogen-bond acceptors (Lipinski definition) is 3. The first-order valence-electron chi connectivity index (χ1n) is 9.40. The number of carbonyl (C=O) groups is 1. The van der Waals surface area contributed by atoms with E-state index in [0.717, 1.165) is 31.7 Å². The highest BCUT2D eigenvalue weighted by Gasteiger charge is 2.34. The van der Waals surface area contributed by atoms with Gasteiger partial charge in [0.1, 0.15) is 5.75 Å². The van der Waals surface area contributed by atoms with Crippen LogP contribution in [0.25, 0.3) is 0 Å². The molecule has 0 unspecified atom stereocenters. The molecule has 0 spiro atoms. The summed E-state index contributed by atoms with van der Waals surface area (Å²) in [7, 11) is 0. The Bertz CT molecular complexity index is 722. The van der Waals surface area contributed by atoms with Gasteiger partial charge in [0, 0.05) is 17.5 Å². The molecule has 1 amide bonds. The molecule has 0 aliphatic carbocycles. The monoisotopic (exact) mass is 352 g/mol. The van der Waals surface area contributed by atoms with E-state index in [4.69, 9.17) is 4.74 Å². The van der Waals surface area contributed by atoms with Gasteiger partial charge in [0.15, 0.2) is 0 Å². The van der Waals surface area contributed by atoms with Gasteiger partial charge in [-0.15, -0.1) is 0 Å². The lowest BCUT2D eigenvalue weighted by Gasteiger charge is -2.38. The van der Waals surface area contributed by atoms with Crippen molar-refractivity contribution >= 4 is 5.91 Å². The summed E-state index contributed by atoms with van der Waals surface area (Å²) in [5.74, 6) is 0.681. The van der Waals surface area contributed by atoms with Crippen molar-refractivity contribution in [1.29, 1.82) is 0 Å². The van der Waals surface area contributed by atoms with Crippen molar-refractivity contribution in [1.82, 2.24) is 10.6 Å². The van der Waals surface area contributed by atoms with E-state index >= 15 is 0 Å². The highest BCUT2D eigenvalue weighted by Crippen LogP contribution is 2.32. The van der Waals surface area contributed by atoms with Crippen molar-refractivity contribution in [2.45, 2.75) is 38.2 Å². The number of nitrogens with one attached hydrogen (secondary N) is 2. The van der Waals surface area contributed by atoms with Crippen LogP contribution in [0.2, 0.25) is 0 Å². The van der Waals surface area contributed by atoms with Crippen molar-refractivity contribution in [2.75, 3.05) is 19.6 Å². The van der Waals surface area contributed by atoms with Crippen molar-refractivity contribution in [3.63, 3.8) is 0 Å². The molecule has 2 N–H and O–H groups in total. The van der Waals surface area contributed by atoms with E-state index in [1.807, 2.05) is 44.2 Å². The SMILES string of the molecule is CC(C)Oc1cccc(C(=O)NCC2(c3ccccc3)CCNCC2)c1. The second kappa shape index (κ2) is 8.37. The average Bonchev–Trinajstić information content (AvgIpc) is 2.67. The summed E-state index contributed by atoms with van der Waals surface area (Å²) in [5, 5.41) is 6.59. The summed E-state index contributed by atoms with van der Waals surface area (Å²) in [4.78, 5) is 12.7. The molecule has 4 heteroatoms. The van der Waals surface area contributed by atoms with Crippen molar-refractivity contribution < 1.29 is 9.53 Å². The maximum Gasteiger partial charge on any atom is 0.251 e. The fraction of sp³-hybridized carbons (Fsp3) is 0.409. The van der Waals surface area contributed by atoms with Crippen LogP contribution in [0, 0.1) is 0 Å². The molecule has 138 valence electrons. The van der Waals surface area contributed by atoms with E-state index in [-0.39, 0.29) is 17.4 Å². The molecule has 1 aliphatic rings. The van der Waals surface area contributed by atoms with E-state index in [2.05, 4.69) is 34.9 Å². The largest absolute Gasteiger partial charge is 0.491 e. The molecular weight excluding hydrogens is 324 g/mol. The van der Waals surface area contributed by atoms with Crippen LogP contribution in [-0.2, 0) is 5.41 Å². The van der Waals surface area contributed by atoms with Gasteiger partial charge in [0.2, 0.25) is 0 Å². The molecule has 2 aromatic carbocycles. The molecule has 1 aliphatic heterocycles. The summed E-state index contributed by atoms with van der Waals surface area (Å²) in [5.41, 5.74) is 1.94. The molecule has 0 aromatic heterocycles. The van der Waals surface area contributed by atoms with Crippen LogP contribution in [0.4, 0.5) is 0 Å². The molecule has 1 saturated heterocycles. The smallest absolute Gasteiger partial charge is 0.251 e. The highest BCUT2D eigenvalue weighted by atomic mass is 16.5. The lowest BCUT2D eigenvalue weighted by Crippen LogP contribution is -2.47. The molecule has 2 aromatic rings. The maximum atomic E-state index is 12.7. The lowest BCUT2D eigenvalue weighted by atomic mass is 9.73. The number of hydrogen-bond donors (Lipinski definition) is 2. The third-order valence-corrected chi connectivity index (χ3v) is 5.00. The fourth-order valence-corrected chi connectivity index (χ4v) is 3.60. The Labute approximate surface area is 156 Å². The van der Waals surface area contributed by atoms with Gasteiger partial charge in [0.05, 0.1) is 6.10 Å². The van der Waals surface area contributed by atoms with E-state index < -0.39 is 0 Å². The minimum Gasteiger partial charge on any atom is -0.491 e. The van der Waals surface area contributed by atoms with Crippen molar-refractivity contribution in [3.05, 3.63) is 65.7 Å². The number of amides is 1. The van der Waals surface area contributed by atoms with Gasteiger partial charge >= 0.3 is 0 Å². The quantitative estimate of drug-likeness (QED) is 0.836. The molecule has 0 bridgehead atoms. The van der Waals surface area contributed by atoms with Crippen LogP contribution in [0.15, 0.2) is 54.6 Å². The van der Waals surface area contributed by atoms with E-state index in [0.29, 0.717) is 12.1 Å². The van der Waals surface area contributed by atoms with Crippen molar-refractivity contribution in [3.8, 4) is 5.75 Å². The van der Waals surface area contributed by atoms with Gasteiger partial charge in [0.25, 0.3) is 5.91 Å². The summed E-state index contributed by atoms with van der Waals surface area (Å²) in [6.07, 6.45) is 2.13. The number of rotatable bonds is 6. The zero-order chi connectivity index (χ0) is 18.4. The molecule has 0 radical (unpaired) electrons. The summed E-state index contributed by atoms with van der Waals surface area (Å²) in [6.45, 7) is 6.55. The summed E-state index contributed by atoms with van der Waals surface area (Å²) >= 11 is 0. The Kier molecular flexibility index (Phi) is 5.94. The van der Waals surface area contributed by atoms with Gasteiger partial charge in [-0.25, -0.2) is 0 Å². The highest BCUT2D eigenvalue weighted by molar-refractivity contribution is 5.94. The Morgan fingerprint density at radius 3 is 2.54 bits per heavy atom. The third-order valence-electron chi connectivity index (χ3n) is 5.00. The van der Waals surface area contributed by atoms with Gasteiger partial charge in [-0.3, -0.25) is 4.79 Å². The zero-order valence-corrected chi connectivity index (χ0v) is 15.6. The average molecular weight is 352 g/mol. The first kappa shape index (κ1) is 18.5. The van der Waals surface area contributed by atoms with Gasteiger partial charge < -0.3 is 15.4 Å². The fourth-order valence-electron chi connectivity index (χ4n) is 3.60. The first-order valence-corrected chi connectivity index (χ1v) is 9.40. The number of carbonyl (C=O) groups excluding carboxylic acids is 1. The molecule has 0 atom stereocenters. The summed E-state index contributed by atoms with van der Waals surface area (Å²) in [6, 6.07) is 17.9. The van der Waals surface area contributed by atoms with Gasteiger partial charge in [-0.05, 0) is 63.5 Å². The summed E-state index contributed by atoms with van der Waals surface area (Å²) < 4.78 is 5.70. The Hall–Kier alpha value is -2.33. The maximum absolute atomic E-state index is 12.7. The predicted octanol–water partition coefficient (Wildman–Crippen LogP) is 3.53. The molecule has 26 heavy (non-hydrogen) atoms. The van der Waals surface area contributed by atoms with E-state index in [1.165, 1.54) is 5.56 Å². The lowest BCUT2D eigenvalue weighted by molar-refractivity contribution is 0.0937. The zero-order valence-electron chi connectivity index (χ0n) is 15.6. The predicted molar refractivity (Wildman–Crippen MR) is 105 cm³/mol. The Balaban J connectivity index is 1.72. The van der Waals surface area contributed by atoms with Crippen molar-refractivity contribution in [2.24, 2.45) is 0 Å². The van der Waals surface area contributed by atoms with Crippen LogP contribution in [0.5, 0.6) is 5.75 Å². The number of benzene rings is 2. The van der Waals surface area contributed by atoms with E-state index in [9.17, 15) is 4.79 Å². The minimum absolute atomic E-state index is 0.00574. The minimum atomic E-state index is -0.0481. The second-order valence-electron chi connectivity index (χ2n) is 7.27. The Morgan fingerprint density at radius 2 is 1.85 bits per heavy atom. The molecule has 4 nitrogen and oxygen atoms in total. The third kappa shape index (κ3) is 4.44. The van der Waals surface area contributed by atoms with Crippen LogP contribution >= 0.6 is 0 Å². The van der Waals surface area contributed by atoms with Crippen LogP contribution < -0.4 is 15.4 Å². The van der Waals surface area contributed by atoms with Crippen LogP contribution in [-0.4, -0.2) is 31.6 Å². The standard InChI is InChI=1S/C22H28N2O2/c1-17(2)26-20-10-6-7-18(15-20)21(25)24-16-22(11-13-23-14-12-22)19-8-4-3-5-9-19/h3-10,15,17,23H,11-14,16H2,1-2H3,(H,24,25). The molecule has 1 fully saturated rings. The molecule has 1 heterocycles. The second-order valence-corrected chi connectivity index (χ2v) is 7.27. The van der Waals surface area contributed by atoms with Crippen LogP contribution in [0.1, 0.15) is 42.6 Å². The van der Waals surface area contributed by atoms with Gasteiger partial charge in [-0.1, -0.05) is 36.4 Å².